The average Bonchev–Trinajstić information content (AvgIpc) is 3.18. The fourth-order valence-corrected chi connectivity index (χ4v) is 3.68. The molecular weight excluding hydrogens is 280 g/mol. The van der Waals surface area contributed by atoms with Gasteiger partial charge in [0.25, 0.3) is 0 Å². The van der Waals surface area contributed by atoms with Crippen LogP contribution in [0.2, 0.25) is 0 Å². The van der Waals surface area contributed by atoms with E-state index in [4.69, 9.17) is 0 Å². The fourth-order valence-electron chi connectivity index (χ4n) is 3.68. The van der Waals surface area contributed by atoms with E-state index in [-0.39, 0.29) is 12.5 Å². The molecule has 6 heteroatoms. The van der Waals surface area contributed by atoms with Crippen molar-refractivity contribution in [3.63, 3.8) is 0 Å². The summed E-state index contributed by atoms with van der Waals surface area (Å²) in [6.45, 7) is 2.36. The number of aromatic nitrogens is 2. The monoisotopic (exact) mass is 306 g/mol. The van der Waals surface area contributed by atoms with Crippen LogP contribution < -0.4 is 5.32 Å². The van der Waals surface area contributed by atoms with Crippen molar-refractivity contribution in [3.05, 3.63) is 12.3 Å². The molecular formula is C16H26N4O2. The Hall–Kier alpha value is -1.40. The molecule has 2 fully saturated rings. The van der Waals surface area contributed by atoms with Crippen LogP contribution in [-0.2, 0) is 4.79 Å². The quantitative estimate of drug-likeness (QED) is 0.867. The summed E-state index contributed by atoms with van der Waals surface area (Å²) in [5.74, 6) is 1.14. The van der Waals surface area contributed by atoms with Crippen LogP contribution in [0, 0.1) is 5.92 Å². The molecule has 0 bridgehead atoms. The SMILES string of the molecule is O=C(CN1CCCC(CO)C1)Nc1ccnn1C1CCCC1. The first-order valence-electron chi connectivity index (χ1n) is 8.43. The maximum atomic E-state index is 12.3. The molecule has 1 aromatic heterocycles. The first-order chi connectivity index (χ1) is 10.8. The molecule has 2 aliphatic rings. The molecule has 1 saturated heterocycles. The first kappa shape index (κ1) is 15.5. The highest BCUT2D eigenvalue weighted by atomic mass is 16.3. The second kappa shape index (κ2) is 7.24. The second-order valence-corrected chi connectivity index (χ2v) is 6.57. The van der Waals surface area contributed by atoms with E-state index in [1.807, 2.05) is 10.7 Å². The van der Waals surface area contributed by atoms with Gasteiger partial charge >= 0.3 is 0 Å². The van der Waals surface area contributed by atoms with Crippen LogP contribution in [0.25, 0.3) is 0 Å². The van der Waals surface area contributed by atoms with Crippen molar-refractivity contribution >= 4 is 11.7 Å². The molecule has 1 saturated carbocycles. The zero-order valence-corrected chi connectivity index (χ0v) is 13.1. The van der Waals surface area contributed by atoms with Gasteiger partial charge < -0.3 is 10.4 Å². The smallest absolute Gasteiger partial charge is 0.239 e. The topological polar surface area (TPSA) is 70.4 Å². The van der Waals surface area contributed by atoms with Crippen molar-refractivity contribution in [2.75, 3.05) is 31.6 Å². The number of rotatable bonds is 5. The van der Waals surface area contributed by atoms with Crippen molar-refractivity contribution in [1.82, 2.24) is 14.7 Å². The van der Waals surface area contributed by atoms with Crippen LogP contribution in [0.3, 0.4) is 0 Å². The molecule has 1 aliphatic carbocycles. The van der Waals surface area contributed by atoms with Crippen LogP contribution >= 0.6 is 0 Å². The highest BCUT2D eigenvalue weighted by Crippen LogP contribution is 2.31. The van der Waals surface area contributed by atoms with Crippen LogP contribution in [0.15, 0.2) is 12.3 Å². The molecule has 3 rings (SSSR count). The summed E-state index contributed by atoms with van der Waals surface area (Å²) in [7, 11) is 0. The Bertz CT molecular complexity index is 496. The Labute approximate surface area is 131 Å². The molecule has 0 aromatic carbocycles. The Morgan fingerprint density at radius 1 is 1.32 bits per heavy atom. The van der Waals surface area contributed by atoms with Gasteiger partial charge in [0, 0.05) is 19.2 Å². The predicted molar refractivity (Wildman–Crippen MR) is 84.6 cm³/mol. The zero-order valence-electron chi connectivity index (χ0n) is 13.1. The largest absolute Gasteiger partial charge is 0.396 e. The predicted octanol–water partition coefficient (Wildman–Crippen LogP) is 1.64. The van der Waals surface area contributed by atoms with Gasteiger partial charge in [0.05, 0.1) is 18.8 Å². The molecule has 1 aromatic rings. The Morgan fingerprint density at radius 3 is 2.91 bits per heavy atom. The molecule has 1 aliphatic heterocycles. The Kier molecular flexibility index (Phi) is 5.10. The number of hydrogen-bond donors (Lipinski definition) is 2. The maximum Gasteiger partial charge on any atom is 0.239 e. The minimum atomic E-state index is 0.0123. The number of amides is 1. The number of aliphatic hydroxyl groups excluding tert-OH is 1. The molecule has 122 valence electrons. The third-order valence-electron chi connectivity index (χ3n) is 4.84. The van der Waals surface area contributed by atoms with Crippen molar-refractivity contribution in [3.8, 4) is 0 Å². The molecule has 0 spiro atoms. The number of nitrogens with zero attached hydrogens (tertiary/aromatic N) is 3. The standard InChI is InChI=1S/C16H26N4O2/c21-12-13-4-3-9-19(10-13)11-16(22)18-15-7-8-17-20(15)14-5-1-2-6-14/h7-8,13-14,21H,1-6,9-12H2,(H,18,22). The van der Waals surface area contributed by atoms with E-state index in [9.17, 15) is 9.90 Å². The summed E-state index contributed by atoms with van der Waals surface area (Å²) in [6, 6.07) is 2.31. The molecule has 1 amide bonds. The maximum absolute atomic E-state index is 12.3. The van der Waals surface area contributed by atoms with Gasteiger partial charge in [-0.3, -0.25) is 9.69 Å². The lowest BCUT2D eigenvalue weighted by molar-refractivity contribution is -0.117. The lowest BCUT2D eigenvalue weighted by Gasteiger charge is -2.31. The van der Waals surface area contributed by atoms with E-state index in [2.05, 4.69) is 15.3 Å². The fraction of sp³-hybridized carbons (Fsp3) is 0.750. The zero-order chi connectivity index (χ0) is 15.4. The minimum Gasteiger partial charge on any atom is -0.396 e. The van der Waals surface area contributed by atoms with E-state index < -0.39 is 0 Å². The van der Waals surface area contributed by atoms with Crippen LogP contribution in [0.5, 0.6) is 0 Å². The lowest BCUT2D eigenvalue weighted by Crippen LogP contribution is -2.41. The minimum absolute atomic E-state index is 0.0123. The highest BCUT2D eigenvalue weighted by molar-refractivity contribution is 5.91. The van der Waals surface area contributed by atoms with Crippen molar-refractivity contribution < 1.29 is 9.90 Å². The van der Waals surface area contributed by atoms with E-state index >= 15 is 0 Å². The van der Waals surface area contributed by atoms with E-state index in [1.165, 1.54) is 12.8 Å². The second-order valence-electron chi connectivity index (χ2n) is 6.57. The molecule has 0 radical (unpaired) electrons. The number of nitrogens with one attached hydrogen (secondary N) is 1. The summed E-state index contributed by atoms with van der Waals surface area (Å²) in [6.07, 6.45) is 8.66. The third-order valence-corrected chi connectivity index (χ3v) is 4.84. The van der Waals surface area contributed by atoms with Crippen LogP contribution in [0.4, 0.5) is 5.82 Å². The van der Waals surface area contributed by atoms with Crippen LogP contribution in [0.1, 0.15) is 44.6 Å². The van der Waals surface area contributed by atoms with Crippen molar-refractivity contribution in [1.29, 1.82) is 0 Å². The summed E-state index contributed by atoms with van der Waals surface area (Å²) < 4.78 is 1.97. The first-order valence-corrected chi connectivity index (χ1v) is 8.43. The normalized spacial score (nSPS) is 23.8. The third kappa shape index (κ3) is 3.67. The van der Waals surface area contributed by atoms with Crippen molar-refractivity contribution in [2.45, 2.75) is 44.6 Å². The van der Waals surface area contributed by atoms with Crippen molar-refractivity contribution in [2.24, 2.45) is 5.92 Å². The number of piperidine rings is 1. The van der Waals surface area contributed by atoms with Gasteiger partial charge in [-0.1, -0.05) is 12.8 Å². The Morgan fingerprint density at radius 2 is 2.14 bits per heavy atom. The highest BCUT2D eigenvalue weighted by Gasteiger charge is 2.23. The number of anilines is 1. The van der Waals surface area contributed by atoms with E-state index in [1.54, 1.807) is 6.20 Å². The summed E-state index contributed by atoms with van der Waals surface area (Å²) in [5, 5.41) is 16.7. The average molecular weight is 306 g/mol. The van der Waals surface area contributed by atoms with Gasteiger partial charge in [-0.05, 0) is 38.1 Å². The Balaban J connectivity index is 1.54. The van der Waals surface area contributed by atoms with Gasteiger partial charge in [-0.15, -0.1) is 0 Å². The molecule has 1 atom stereocenters. The van der Waals surface area contributed by atoms with Gasteiger partial charge in [0.15, 0.2) is 0 Å². The van der Waals surface area contributed by atoms with Gasteiger partial charge in [0.2, 0.25) is 5.91 Å². The van der Waals surface area contributed by atoms with E-state index in [0.29, 0.717) is 18.5 Å². The summed E-state index contributed by atoms with van der Waals surface area (Å²) in [5.41, 5.74) is 0. The van der Waals surface area contributed by atoms with E-state index in [0.717, 1.165) is 44.6 Å². The summed E-state index contributed by atoms with van der Waals surface area (Å²) in [4.78, 5) is 14.4. The van der Waals surface area contributed by atoms with Gasteiger partial charge in [0.1, 0.15) is 5.82 Å². The van der Waals surface area contributed by atoms with Gasteiger partial charge in [-0.2, -0.15) is 5.10 Å². The summed E-state index contributed by atoms with van der Waals surface area (Å²) >= 11 is 0. The molecule has 1 unspecified atom stereocenters. The molecule has 6 nitrogen and oxygen atoms in total. The number of carbonyl (C=O) groups is 1. The number of likely N-dealkylation sites (tertiary alicyclic amines) is 1. The van der Waals surface area contributed by atoms with Crippen LogP contribution in [-0.4, -0.2) is 51.9 Å². The van der Waals surface area contributed by atoms with Gasteiger partial charge in [-0.25, -0.2) is 4.68 Å². The molecule has 2 N–H and O–H groups in total. The number of hydrogen-bond acceptors (Lipinski definition) is 4. The number of carbonyl (C=O) groups excluding carboxylic acids is 1. The molecule has 2 heterocycles. The molecule has 22 heavy (non-hydrogen) atoms. The number of aliphatic hydroxyl groups is 1. The lowest BCUT2D eigenvalue weighted by atomic mass is 9.99.